The number of hydrogen-bond donors (Lipinski definition) is 2. The van der Waals surface area contributed by atoms with Crippen molar-refractivity contribution >= 4 is 17.7 Å². The number of likely N-dealkylation sites (tertiary alicyclic amines) is 1. The van der Waals surface area contributed by atoms with Crippen LogP contribution in [0.2, 0.25) is 0 Å². The summed E-state index contributed by atoms with van der Waals surface area (Å²) < 4.78 is 0. The molecule has 2 saturated heterocycles. The molecule has 2 aliphatic rings. The van der Waals surface area contributed by atoms with Gasteiger partial charge in [-0.1, -0.05) is 12.1 Å². The number of nitrogens with zero attached hydrogens (tertiary/aromatic N) is 4. The van der Waals surface area contributed by atoms with Crippen molar-refractivity contribution in [3.05, 3.63) is 35.9 Å². The van der Waals surface area contributed by atoms with E-state index in [0.717, 1.165) is 50.0 Å². The lowest BCUT2D eigenvalue weighted by atomic mass is 10.0. The maximum atomic E-state index is 12.9. The Morgan fingerprint density at radius 2 is 1.78 bits per heavy atom. The Hall–Kier alpha value is -2.67. The molecule has 2 fully saturated rings. The summed E-state index contributed by atoms with van der Waals surface area (Å²) in [6.45, 7) is 3.34. The summed E-state index contributed by atoms with van der Waals surface area (Å²) in [4.78, 5) is 26.0. The molecular weight excluding hydrogens is 340 g/mol. The molecule has 1 aromatic carbocycles. The van der Waals surface area contributed by atoms with Gasteiger partial charge in [-0.05, 0) is 37.8 Å². The van der Waals surface area contributed by atoms with Crippen LogP contribution in [0.25, 0.3) is 11.3 Å². The van der Waals surface area contributed by atoms with Gasteiger partial charge in [-0.25, -0.2) is 4.98 Å². The summed E-state index contributed by atoms with van der Waals surface area (Å²) in [5.41, 5.74) is 14.3. The molecular formula is C20H26N6O. The van der Waals surface area contributed by atoms with Crippen molar-refractivity contribution in [2.45, 2.75) is 31.7 Å². The number of amides is 1. The smallest absolute Gasteiger partial charge is 0.253 e. The molecule has 2 aliphatic heterocycles. The Kier molecular flexibility index (Phi) is 4.94. The number of aromatic nitrogens is 2. The number of rotatable bonds is 3. The third-order valence-electron chi connectivity index (χ3n) is 5.36. The van der Waals surface area contributed by atoms with Crippen LogP contribution >= 0.6 is 0 Å². The van der Waals surface area contributed by atoms with E-state index in [1.807, 2.05) is 29.2 Å². The number of nitrogen functional groups attached to an aromatic ring is 1. The molecule has 2 aromatic rings. The van der Waals surface area contributed by atoms with Gasteiger partial charge in [0.05, 0.1) is 5.69 Å². The second kappa shape index (κ2) is 7.52. The number of nitrogens with two attached hydrogens (primary N) is 2. The van der Waals surface area contributed by atoms with E-state index in [-0.39, 0.29) is 11.9 Å². The lowest BCUT2D eigenvalue weighted by Gasteiger charge is -2.30. The first-order valence-electron chi connectivity index (χ1n) is 9.65. The number of anilines is 2. The Bertz CT molecular complexity index is 825. The molecule has 7 heteroatoms. The molecule has 0 atom stereocenters. The predicted octanol–water partition coefficient (Wildman–Crippen LogP) is 1.89. The lowest BCUT2D eigenvalue weighted by Crippen LogP contribution is -2.42. The van der Waals surface area contributed by atoms with Crippen LogP contribution in [0, 0.1) is 0 Å². The molecule has 1 aromatic heterocycles. The predicted molar refractivity (Wildman–Crippen MR) is 106 cm³/mol. The molecule has 0 saturated carbocycles. The zero-order chi connectivity index (χ0) is 18.8. The molecule has 0 aliphatic carbocycles. The zero-order valence-electron chi connectivity index (χ0n) is 15.5. The number of hydrogen-bond acceptors (Lipinski definition) is 6. The van der Waals surface area contributed by atoms with Crippen LogP contribution < -0.4 is 16.4 Å². The maximum absolute atomic E-state index is 12.9. The average Bonchev–Trinajstić information content (AvgIpc) is 3.23. The maximum Gasteiger partial charge on any atom is 0.253 e. The summed E-state index contributed by atoms with van der Waals surface area (Å²) in [5.74, 6) is 1.17. The summed E-state index contributed by atoms with van der Waals surface area (Å²) >= 11 is 0. The van der Waals surface area contributed by atoms with Gasteiger partial charge < -0.3 is 21.3 Å². The molecule has 3 heterocycles. The first-order chi connectivity index (χ1) is 13.1. The van der Waals surface area contributed by atoms with Gasteiger partial charge in [0.2, 0.25) is 5.95 Å². The van der Waals surface area contributed by atoms with E-state index in [9.17, 15) is 4.79 Å². The number of carbonyl (C=O) groups is 1. The monoisotopic (exact) mass is 366 g/mol. The van der Waals surface area contributed by atoms with E-state index >= 15 is 0 Å². The second-order valence-electron chi connectivity index (χ2n) is 7.38. The van der Waals surface area contributed by atoms with Crippen molar-refractivity contribution in [1.82, 2.24) is 14.9 Å². The SMILES string of the molecule is Nc1cc(-c2cccc(C(=O)N3CCC(N)CC3)c2)nc(N2CCCC2)n1. The van der Waals surface area contributed by atoms with Crippen molar-refractivity contribution in [3.8, 4) is 11.3 Å². The molecule has 1 amide bonds. The van der Waals surface area contributed by atoms with Crippen molar-refractivity contribution in [2.24, 2.45) is 5.73 Å². The van der Waals surface area contributed by atoms with E-state index in [4.69, 9.17) is 16.5 Å². The van der Waals surface area contributed by atoms with Gasteiger partial charge in [-0.2, -0.15) is 4.98 Å². The number of piperidine rings is 1. The fourth-order valence-electron chi connectivity index (χ4n) is 3.76. The standard InChI is InChI=1S/C20H26N6O/c21-16-6-10-25(11-7-16)19(27)15-5-3-4-14(12-15)17-13-18(22)24-20(23-17)26-8-1-2-9-26/h3-5,12-13,16H,1-2,6-11,21H2,(H2,22,23,24). The largest absolute Gasteiger partial charge is 0.384 e. The van der Waals surface area contributed by atoms with E-state index in [1.165, 1.54) is 0 Å². The van der Waals surface area contributed by atoms with Gasteiger partial charge in [0.25, 0.3) is 5.91 Å². The van der Waals surface area contributed by atoms with Crippen molar-refractivity contribution in [3.63, 3.8) is 0 Å². The molecule has 4 rings (SSSR count). The molecule has 4 N–H and O–H groups in total. The van der Waals surface area contributed by atoms with Crippen LogP contribution in [0.15, 0.2) is 30.3 Å². The highest BCUT2D eigenvalue weighted by atomic mass is 16.2. The molecule has 142 valence electrons. The normalized spacial score (nSPS) is 18.1. The minimum absolute atomic E-state index is 0.0468. The van der Waals surface area contributed by atoms with Gasteiger partial charge in [-0.3, -0.25) is 4.79 Å². The molecule has 0 radical (unpaired) electrons. The van der Waals surface area contributed by atoms with Gasteiger partial charge in [0, 0.05) is 49.4 Å². The van der Waals surface area contributed by atoms with Gasteiger partial charge in [0.15, 0.2) is 0 Å². The van der Waals surface area contributed by atoms with Crippen LogP contribution in [0.3, 0.4) is 0 Å². The van der Waals surface area contributed by atoms with Crippen molar-refractivity contribution in [2.75, 3.05) is 36.8 Å². The van der Waals surface area contributed by atoms with Crippen LogP contribution in [-0.4, -0.2) is 53.0 Å². The summed E-state index contributed by atoms with van der Waals surface area (Å²) in [6, 6.07) is 9.57. The third-order valence-corrected chi connectivity index (χ3v) is 5.36. The minimum Gasteiger partial charge on any atom is -0.384 e. The van der Waals surface area contributed by atoms with Crippen molar-refractivity contribution < 1.29 is 4.79 Å². The second-order valence-corrected chi connectivity index (χ2v) is 7.38. The van der Waals surface area contributed by atoms with Crippen LogP contribution in [0.1, 0.15) is 36.0 Å². The van der Waals surface area contributed by atoms with Crippen LogP contribution in [0.5, 0.6) is 0 Å². The highest BCUT2D eigenvalue weighted by Crippen LogP contribution is 2.25. The van der Waals surface area contributed by atoms with Gasteiger partial charge in [-0.15, -0.1) is 0 Å². The average molecular weight is 366 g/mol. The zero-order valence-corrected chi connectivity index (χ0v) is 15.5. The Morgan fingerprint density at radius 1 is 1.04 bits per heavy atom. The minimum atomic E-state index is 0.0468. The highest BCUT2D eigenvalue weighted by molar-refractivity contribution is 5.95. The molecule has 7 nitrogen and oxygen atoms in total. The van der Waals surface area contributed by atoms with E-state index in [2.05, 4.69) is 9.88 Å². The first-order valence-corrected chi connectivity index (χ1v) is 9.65. The topological polar surface area (TPSA) is 101 Å². The van der Waals surface area contributed by atoms with E-state index in [1.54, 1.807) is 6.07 Å². The van der Waals surface area contributed by atoms with E-state index in [0.29, 0.717) is 30.4 Å². The third kappa shape index (κ3) is 3.88. The highest BCUT2D eigenvalue weighted by Gasteiger charge is 2.22. The van der Waals surface area contributed by atoms with Crippen molar-refractivity contribution in [1.29, 1.82) is 0 Å². The van der Waals surface area contributed by atoms with Gasteiger partial charge >= 0.3 is 0 Å². The summed E-state index contributed by atoms with van der Waals surface area (Å²) in [7, 11) is 0. The quantitative estimate of drug-likeness (QED) is 0.860. The Morgan fingerprint density at radius 3 is 2.52 bits per heavy atom. The van der Waals surface area contributed by atoms with Gasteiger partial charge in [0.1, 0.15) is 5.82 Å². The Balaban J connectivity index is 1.60. The molecule has 0 bridgehead atoms. The summed E-state index contributed by atoms with van der Waals surface area (Å²) in [5, 5.41) is 0. The Labute approximate surface area is 159 Å². The number of carbonyl (C=O) groups excluding carboxylic acids is 1. The fraction of sp³-hybridized carbons (Fsp3) is 0.450. The van der Waals surface area contributed by atoms with E-state index < -0.39 is 0 Å². The fourth-order valence-corrected chi connectivity index (χ4v) is 3.76. The molecule has 0 unspecified atom stereocenters. The lowest BCUT2D eigenvalue weighted by molar-refractivity contribution is 0.0715. The first kappa shape index (κ1) is 17.7. The summed E-state index contributed by atoms with van der Waals surface area (Å²) in [6.07, 6.45) is 4.01. The van der Waals surface area contributed by atoms with Crippen LogP contribution in [-0.2, 0) is 0 Å². The van der Waals surface area contributed by atoms with Crippen LogP contribution in [0.4, 0.5) is 11.8 Å². The molecule has 0 spiro atoms. The number of benzene rings is 1. The molecule has 27 heavy (non-hydrogen) atoms.